The molecule has 4 heteroatoms. The fourth-order valence-corrected chi connectivity index (χ4v) is 13.1. The summed E-state index contributed by atoms with van der Waals surface area (Å²) in [5.41, 5.74) is 7.87. The molecule has 2 aromatic rings. The molecule has 154 valence electrons. The van der Waals surface area contributed by atoms with Crippen LogP contribution in [0.25, 0.3) is 11.1 Å². The van der Waals surface area contributed by atoms with Gasteiger partial charge in [0.25, 0.3) is 0 Å². The standard InChI is InChI=1S/C13H9.C10H17Si.C2H6.2ClH.Zr/c1-3-7-12-10(5-1)9-11-6-2-4-8-13(11)12;1-8(2)9-6-5-7-10(9)11(3)4;1-2;;;/h1-9H;6,8,11H,5H2,1-4H3;1-2H3;2*1H;/q;;;;;+2/p-2. The minimum absolute atomic E-state index is 0. The summed E-state index contributed by atoms with van der Waals surface area (Å²) < 4.78 is 2.60. The second-order valence-electron chi connectivity index (χ2n) is 7.82. The van der Waals surface area contributed by atoms with Crippen LogP contribution < -0.4 is 24.8 Å². The van der Waals surface area contributed by atoms with E-state index in [0.29, 0.717) is 9.54 Å². The molecular formula is C25H32Cl2SiZr. The average molecular weight is 523 g/mol. The normalized spacial score (nSPS) is 14.3. The predicted octanol–water partition coefficient (Wildman–Crippen LogP) is 1.14. The quantitative estimate of drug-likeness (QED) is 0.529. The molecule has 2 aliphatic carbocycles. The summed E-state index contributed by atoms with van der Waals surface area (Å²) >= 11 is -0.690. The van der Waals surface area contributed by atoms with Crippen LogP contribution in [0.3, 0.4) is 0 Å². The molecule has 0 radical (unpaired) electrons. The van der Waals surface area contributed by atoms with Gasteiger partial charge in [-0.25, -0.2) is 0 Å². The molecule has 0 saturated heterocycles. The van der Waals surface area contributed by atoms with Crippen LogP contribution in [-0.4, -0.2) is 8.80 Å². The van der Waals surface area contributed by atoms with E-state index >= 15 is 0 Å². The molecular weight excluding hydrogens is 490 g/mol. The molecule has 4 rings (SSSR count). The van der Waals surface area contributed by atoms with Gasteiger partial charge >= 0.3 is 166 Å². The van der Waals surface area contributed by atoms with Gasteiger partial charge in [0.15, 0.2) is 0 Å². The van der Waals surface area contributed by atoms with Crippen molar-refractivity contribution in [2.75, 3.05) is 0 Å². The van der Waals surface area contributed by atoms with E-state index in [-0.39, 0.29) is 24.8 Å². The Morgan fingerprint density at radius 2 is 1.34 bits per heavy atom. The molecule has 0 saturated carbocycles. The summed E-state index contributed by atoms with van der Waals surface area (Å²) in [5, 5.41) is 1.85. The molecule has 0 spiro atoms. The van der Waals surface area contributed by atoms with Crippen molar-refractivity contribution in [3.8, 4) is 11.1 Å². The first-order valence-corrected chi connectivity index (χ1v) is 16.0. The summed E-state index contributed by atoms with van der Waals surface area (Å²) in [5.74, 6) is 0.685. The van der Waals surface area contributed by atoms with Crippen LogP contribution in [0.1, 0.15) is 48.9 Å². The van der Waals surface area contributed by atoms with Gasteiger partial charge in [-0.1, -0.05) is 13.8 Å². The van der Waals surface area contributed by atoms with Crippen molar-refractivity contribution >= 4 is 8.80 Å². The maximum Gasteiger partial charge on any atom is -1.00 e. The molecule has 0 heterocycles. The maximum atomic E-state index is 2.57. The number of halogens is 2. The molecule has 2 aromatic carbocycles. The van der Waals surface area contributed by atoms with Gasteiger partial charge in [-0.15, -0.1) is 0 Å². The van der Waals surface area contributed by atoms with Gasteiger partial charge in [-0.05, 0) is 0 Å². The fraction of sp³-hybridized carbons (Fsp3) is 0.360. The van der Waals surface area contributed by atoms with E-state index in [1.807, 2.05) is 22.3 Å². The van der Waals surface area contributed by atoms with Crippen molar-refractivity contribution in [1.82, 2.24) is 0 Å². The topological polar surface area (TPSA) is 0 Å². The van der Waals surface area contributed by atoms with Gasteiger partial charge in [-0.3, -0.25) is 0 Å². The van der Waals surface area contributed by atoms with E-state index in [1.54, 1.807) is 16.7 Å². The first-order chi connectivity index (χ1) is 13.1. The molecule has 0 atom stereocenters. The zero-order chi connectivity index (χ0) is 19.6. The molecule has 0 fully saturated rings. The van der Waals surface area contributed by atoms with Crippen LogP contribution in [-0.2, 0) is 23.2 Å². The Hall–Kier alpha value is -0.400. The maximum absolute atomic E-state index is 2.57. The second-order valence-corrected chi connectivity index (χ2v) is 14.3. The number of allylic oxidation sites excluding steroid dienone is 4. The summed E-state index contributed by atoms with van der Waals surface area (Å²) in [6.07, 6.45) is 3.82. The van der Waals surface area contributed by atoms with Crippen molar-refractivity contribution < 1.29 is 48.0 Å². The zero-order valence-electron chi connectivity index (χ0n) is 18.4. The van der Waals surface area contributed by atoms with Crippen LogP contribution in [0.4, 0.5) is 0 Å². The third-order valence-electron chi connectivity index (χ3n) is 5.51. The van der Waals surface area contributed by atoms with E-state index in [0.717, 1.165) is 0 Å². The smallest absolute Gasteiger partial charge is 1.00 e. The molecule has 0 bridgehead atoms. The summed E-state index contributed by atoms with van der Waals surface area (Å²) in [6, 6.07) is 18.3. The van der Waals surface area contributed by atoms with Crippen LogP contribution >= 0.6 is 0 Å². The Morgan fingerprint density at radius 1 is 0.862 bits per heavy atom. The molecule has 29 heavy (non-hydrogen) atoms. The van der Waals surface area contributed by atoms with Gasteiger partial charge < -0.3 is 24.8 Å². The van der Waals surface area contributed by atoms with E-state index in [9.17, 15) is 0 Å². The van der Waals surface area contributed by atoms with E-state index < -0.39 is 32.0 Å². The van der Waals surface area contributed by atoms with Crippen molar-refractivity contribution in [2.24, 2.45) is 5.92 Å². The number of hydrogen-bond acceptors (Lipinski definition) is 0. The molecule has 0 amide bonds. The SMILES string of the molecule is CC.CC(C)C1=CC[C]([Zr+2][CH]2c3ccccc3-c3ccccc32)=C1[SiH](C)C.[Cl-].[Cl-]. The van der Waals surface area contributed by atoms with Crippen molar-refractivity contribution in [2.45, 2.75) is 50.8 Å². The van der Waals surface area contributed by atoms with Crippen molar-refractivity contribution in [3.63, 3.8) is 0 Å². The number of fused-ring (bicyclic) bond motifs is 3. The first-order valence-electron chi connectivity index (χ1n) is 10.5. The number of benzene rings is 2. The van der Waals surface area contributed by atoms with E-state index in [1.165, 1.54) is 17.5 Å². The summed E-state index contributed by atoms with van der Waals surface area (Å²) in [7, 11) is -0.774. The Kier molecular flexibility index (Phi) is 10.9. The third kappa shape index (κ3) is 5.27. The van der Waals surface area contributed by atoms with Crippen LogP contribution in [0.15, 0.2) is 68.7 Å². The molecule has 0 aliphatic heterocycles. The minimum atomic E-state index is -0.774. The van der Waals surface area contributed by atoms with Crippen LogP contribution in [0.2, 0.25) is 13.1 Å². The molecule has 0 N–H and O–H groups in total. The summed E-state index contributed by atoms with van der Waals surface area (Å²) in [4.78, 5) is 0. The zero-order valence-corrected chi connectivity index (χ0v) is 23.5. The Bertz CT molecular complexity index is 838. The number of hydrogen-bond donors (Lipinski definition) is 0. The van der Waals surface area contributed by atoms with Crippen molar-refractivity contribution in [3.05, 3.63) is 79.8 Å². The van der Waals surface area contributed by atoms with Gasteiger partial charge in [0.05, 0.1) is 0 Å². The average Bonchev–Trinajstić information content (AvgIpc) is 3.25. The van der Waals surface area contributed by atoms with Gasteiger partial charge in [-0.2, -0.15) is 0 Å². The predicted molar refractivity (Wildman–Crippen MR) is 119 cm³/mol. The van der Waals surface area contributed by atoms with Gasteiger partial charge in [0.1, 0.15) is 0 Å². The Morgan fingerprint density at radius 3 is 1.79 bits per heavy atom. The van der Waals surface area contributed by atoms with E-state index in [4.69, 9.17) is 0 Å². The third-order valence-corrected chi connectivity index (χ3v) is 12.3. The molecule has 0 nitrogen and oxygen atoms in total. The number of rotatable bonds is 4. The molecule has 0 aromatic heterocycles. The first kappa shape index (κ1) is 26.6. The second kappa shape index (κ2) is 11.8. The Balaban J connectivity index is 0.00000102. The summed E-state index contributed by atoms with van der Waals surface area (Å²) in [6.45, 7) is 13.8. The van der Waals surface area contributed by atoms with Gasteiger partial charge in [0.2, 0.25) is 0 Å². The van der Waals surface area contributed by atoms with Crippen LogP contribution in [0.5, 0.6) is 0 Å². The monoisotopic (exact) mass is 520 g/mol. The van der Waals surface area contributed by atoms with Crippen LogP contribution in [0, 0.1) is 5.92 Å². The largest absolute Gasteiger partial charge is 1.00 e. The van der Waals surface area contributed by atoms with E-state index in [2.05, 4.69) is 81.5 Å². The van der Waals surface area contributed by atoms with Gasteiger partial charge in [0, 0.05) is 0 Å². The van der Waals surface area contributed by atoms with Crippen molar-refractivity contribution in [1.29, 1.82) is 0 Å². The molecule has 0 unspecified atom stereocenters. The Labute approximate surface area is 203 Å². The minimum Gasteiger partial charge on any atom is -1.00 e. The molecule has 2 aliphatic rings. The fourth-order valence-electron chi connectivity index (χ4n) is 4.46.